The van der Waals surface area contributed by atoms with Gasteiger partial charge >= 0.3 is 0 Å². The van der Waals surface area contributed by atoms with Crippen LogP contribution in [0, 0.1) is 0 Å². The zero-order valence-corrected chi connectivity index (χ0v) is 16.9. The highest BCUT2D eigenvalue weighted by Crippen LogP contribution is 2.39. The molecule has 0 amide bonds. The first-order chi connectivity index (χ1) is 13.1. The predicted molar refractivity (Wildman–Crippen MR) is 106 cm³/mol. The largest absolute Gasteiger partial charge is 0.493 e. The minimum absolute atomic E-state index is 0.349. The molecule has 3 rings (SSSR count). The van der Waals surface area contributed by atoms with Gasteiger partial charge in [0.2, 0.25) is 0 Å². The standard InChI is InChI=1S/C22H29NO4/c1-23-11-10-16-13-21(26-4)22(27-5)14-17(16)18(23)8-6-15-7-9-19(24-2)20(12-15)25-3/h7,9,12-14,18H,6,8,10-11H2,1-5H3/t18-/m0/s1. The second kappa shape index (κ2) is 8.53. The zero-order chi connectivity index (χ0) is 19.4. The Labute approximate surface area is 161 Å². The molecule has 0 aliphatic carbocycles. The van der Waals surface area contributed by atoms with Crippen molar-refractivity contribution < 1.29 is 18.9 Å². The van der Waals surface area contributed by atoms with Crippen molar-refractivity contribution in [3.05, 3.63) is 47.0 Å². The Balaban J connectivity index is 1.83. The number of nitrogens with zero attached hydrogens (tertiary/aromatic N) is 1. The van der Waals surface area contributed by atoms with Crippen LogP contribution in [0.5, 0.6) is 23.0 Å². The lowest BCUT2D eigenvalue weighted by Gasteiger charge is -2.35. The fraction of sp³-hybridized carbons (Fsp3) is 0.455. The first-order valence-electron chi connectivity index (χ1n) is 9.27. The Kier molecular flexibility index (Phi) is 6.11. The zero-order valence-electron chi connectivity index (χ0n) is 16.9. The van der Waals surface area contributed by atoms with E-state index in [1.165, 1.54) is 16.7 Å². The third-order valence-corrected chi connectivity index (χ3v) is 5.42. The van der Waals surface area contributed by atoms with Crippen molar-refractivity contribution in [3.8, 4) is 23.0 Å². The van der Waals surface area contributed by atoms with Gasteiger partial charge in [-0.3, -0.25) is 4.90 Å². The first-order valence-corrected chi connectivity index (χ1v) is 9.27. The van der Waals surface area contributed by atoms with Crippen LogP contribution < -0.4 is 18.9 Å². The van der Waals surface area contributed by atoms with Gasteiger partial charge in [0.25, 0.3) is 0 Å². The number of methoxy groups -OCH3 is 4. The van der Waals surface area contributed by atoms with Crippen LogP contribution in [0.1, 0.15) is 29.2 Å². The summed E-state index contributed by atoms with van der Waals surface area (Å²) in [6.45, 7) is 1.04. The molecule has 0 aromatic heterocycles. The molecule has 0 N–H and O–H groups in total. The van der Waals surface area contributed by atoms with Crippen molar-refractivity contribution >= 4 is 0 Å². The monoisotopic (exact) mass is 371 g/mol. The van der Waals surface area contributed by atoms with Crippen molar-refractivity contribution in [1.82, 2.24) is 4.90 Å². The van der Waals surface area contributed by atoms with Crippen molar-refractivity contribution in [2.24, 2.45) is 0 Å². The molecule has 0 saturated heterocycles. The molecular weight excluding hydrogens is 342 g/mol. The van der Waals surface area contributed by atoms with E-state index in [1.807, 2.05) is 6.07 Å². The average Bonchev–Trinajstić information content (AvgIpc) is 2.71. The summed E-state index contributed by atoms with van der Waals surface area (Å²) in [7, 11) is 8.90. The molecule has 1 heterocycles. The summed E-state index contributed by atoms with van der Waals surface area (Å²) in [6.07, 6.45) is 3.01. The molecule has 146 valence electrons. The lowest BCUT2D eigenvalue weighted by atomic mass is 9.89. The maximum absolute atomic E-state index is 5.53. The third-order valence-electron chi connectivity index (χ3n) is 5.42. The quantitative estimate of drug-likeness (QED) is 0.739. The number of fused-ring (bicyclic) bond motifs is 1. The van der Waals surface area contributed by atoms with Crippen LogP contribution in [0.2, 0.25) is 0 Å². The van der Waals surface area contributed by atoms with Crippen LogP contribution in [0.15, 0.2) is 30.3 Å². The molecule has 0 bridgehead atoms. The fourth-order valence-electron chi connectivity index (χ4n) is 3.87. The number of hydrogen-bond acceptors (Lipinski definition) is 5. The molecular formula is C22H29NO4. The van der Waals surface area contributed by atoms with Crippen molar-refractivity contribution in [1.29, 1.82) is 0 Å². The topological polar surface area (TPSA) is 40.2 Å². The summed E-state index contributed by atoms with van der Waals surface area (Å²) in [6, 6.07) is 10.8. The number of ether oxygens (including phenoxy) is 4. The predicted octanol–water partition coefficient (Wildman–Crippen LogP) is 3.88. The number of aryl methyl sites for hydroxylation is 1. The summed E-state index contributed by atoms with van der Waals surface area (Å²) in [5, 5.41) is 0. The normalized spacial score (nSPS) is 16.6. The second-order valence-electron chi connectivity index (χ2n) is 6.88. The van der Waals surface area contributed by atoms with Gasteiger partial charge in [-0.05, 0) is 67.3 Å². The Morgan fingerprint density at radius 3 is 2.15 bits per heavy atom. The van der Waals surface area contributed by atoms with E-state index < -0.39 is 0 Å². The lowest BCUT2D eigenvalue weighted by molar-refractivity contribution is 0.218. The molecule has 0 spiro atoms. The Hall–Kier alpha value is -2.40. The summed E-state index contributed by atoms with van der Waals surface area (Å²) in [4.78, 5) is 2.43. The number of benzene rings is 2. The van der Waals surface area contributed by atoms with E-state index in [1.54, 1.807) is 28.4 Å². The molecule has 2 aromatic rings. The summed E-state index contributed by atoms with van der Waals surface area (Å²) >= 11 is 0. The van der Waals surface area contributed by atoms with Gasteiger partial charge in [-0.2, -0.15) is 0 Å². The molecule has 0 saturated carbocycles. The van der Waals surface area contributed by atoms with Gasteiger partial charge in [-0.25, -0.2) is 0 Å². The van der Waals surface area contributed by atoms with E-state index in [-0.39, 0.29) is 0 Å². The highest BCUT2D eigenvalue weighted by atomic mass is 16.5. The van der Waals surface area contributed by atoms with E-state index in [9.17, 15) is 0 Å². The Morgan fingerprint density at radius 1 is 0.852 bits per heavy atom. The van der Waals surface area contributed by atoms with Gasteiger partial charge in [0.15, 0.2) is 23.0 Å². The number of likely N-dealkylation sites (N-methyl/N-ethyl adjacent to an activating group) is 1. The molecule has 0 unspecified atom stereocenters. The SMILES string of the molecule is COc1ccc(CC[C@H]2c3cc(OC)c(OC)cc3CCN2C)cc1OC. The molecule has 1 atom stereocenters. The smallest absolute Gasteiger partial charge is 0.161 e. The van der Waals surface area contributed by atoms with E-state index in [4.69, 9.17) is 18.9 Å². The molecule has 1 aliphatic heterocycles. The molecule has 5 nitrogen and oxygen atoms in total. The highest BCUT2D eigenvalue weighted by molar-refractivity contribution is 5.49. The summed E-state index contributed by atoms with van der Waals surface area (Å²) in [5.74, 6) is 3.14. The maximum Gasteiger partial charge on any atom is 0.161 e. The maximum atomic E-state index is 5.53. The Morgan fingerprint density at radius 2 is 1.48 bits per heavy atom. The first kappa shape index (κ1) is 19.4. The van der Waals surface area contributed by atoms with Gasteiger partial charge in [0.05, 0.1) is 28.4 Å². The van der Waals surface area contributed by atoms with Crippen molar-refractivity contribution in [2.45, 2.75) is 25.3 Å². The van der Waals surface area contributed by atoms with Gasteiger partial charge in [0.1, 0.15) is 0 Å². The third kappa shape index (κ3) is 3.98. The van der Waals surface area contributed by atoms with Crippen LogP contribution >= 0.6 is 0 Å². The van der Waals surface area contributed by atoms with Crippen LogP contribution in [0.4, 0.5) is 0 Å². The van der Waals surface area contributed by atoms with Gasteiger partial charge in [-0.15, -0.1) is 0 Å². The molecule has 0 fully saturated rings. The van der Waals surface area contributed by atoms with E-state index >= 15 is 0 Å². The van der Waals surface area contributed by atoms with Gasteiger partial charge < -0.3 is 18.9 Å². The molecule has 0 radical (unpaired) electrons. The number of rotatable bonds is 7. The van der Waals surface area contributed by atoms with Crippen LogP contribution in [0.3, 0.4) is 0 Å². The Bertz CT molecular complexity index is 790. The van der Waals surface area contributed by atoms with Crippen LogP contribution in [-0.4, -0.2) is 46.9 Å². The van der Waals surface area contributed by atoms with Gasteiger partial charge in [-0.1, -0.05) is 6.07 Å². The molecule has 1 aliphatic rings. The van der Waals surface area contributed by atoms with Crippen molar-refractivity contribution in [2.75, 3.05) is 42.0 Å². The summed E-state index contributed by atoms with van der Waals surface area (Å²) in [5.41, 5.74) is 3.93. The van der Waals surface area contributed by atoms with E-state index in [2.05, 4.69) is 36.2 Å². The van der Waals surface area contributed by atoms with Crippen LogP contribution in [-0.2, 0) is 12.8 Å². The highest BCUT2D eigenvalue weighted by Gasteiger charge is 2.26. The van der Waals surface area contributed by atoms with Crippen LogP contribution in [0.25, 0.3) is 0 Å². The lowest BCUT2D eigenvalue weighted by Crippen LogP contribution is -2.32. The average molecular weight is 371 g/mol. The minimum Gasteiger partial charge on any atom is -0.493 e. The fourth-order valence-corrected chi connectivity index (χ4v) is 3.87. The molecule has 5 heteroatoms. The minimum atomic E-state index is 0.349. The molecule has 2 aromatic carbocycles. The van der Waals surface area contributed by atoms with E-state index in [0.29, 0.717) is 6.04 Å². The summed E-state index contributed by atoms with van der Waals surface area (Å²) < 4.78 is 21.8. The second-order valence-corrected chi connectivity index (χ2v) is 6.88. The van der Waals surface area contributed by atoms with Crippen molar-refractivity contribution in [3.63, 3.8) is 0 Å². The van der Waals surface area contributed by atoms with Gasteiger partial charge in [0, 0.05) is 12.6 Å². The number of hydrogen-bond donors (Lipinski definition) is 0. The molecule has 27 heavy (non-hydrogen) atoms. The van der Waals surface area contributed by atoms with E-state index in [0.717, 1.165) is 48.8 Å².